The van der Waals surface area contributed by atoms with Crippen LogP contribution < -0.4 is 0 Å². The van der Waals surface area contributed by atoms with Crippen LogP contribution in [0.25, 0.3) is 6.08 Å². The lowest BCUT2D eigenvalue weighted by Crippen LogP contribution is -2.49. The Bertz CT molecular complexity index is 1190. The Morgan fingerprint density at radius 2 is 1.27 bits per heavy atom. The van der Waals surface area contributed by atoms with Gasteiger partial charge < -0.3 is 4.90 Å². The van der Waals surface area contributed by atoms with Crippen molar-refractivity contribution < 1.29 is 31.1 Å². The summed E-state index contributed by atoms with van der Waals surface area (Å²) in [4.78, 5) is 16.5. The molecule has 0 spiro atoms. The quantitative estimate of drug-likeness (QED) is 0.278. The number of amides is 1. The van der Waals surface area contributed by atoms with Crippen LogP contribution in [-0.4, -0.2) is 41.9 Å². The fourth-order valence-corrected chi connectivity index (χ4v) is 4.48. The second-order valence-electron chi connectivity index (χ2n) is 8.72. The van der Waals surface area contributed by atoms with E-state index in [-0.39, 0.29) is 12.1 Å². The molecule has 1 amide bonds. The number of benzene rings is 3. The van der Waals surface area contributed by atoms with Crippen LogP contribution in [0, 0.1) is 0 Å². The number of piperazine rings is 1. The van der Waals surface area contributed by atoms with E-state index in [0.717, 1.165) is 29.3 Å². The van der Waals surface area contributed by atoms with Crippen molar-refractivity contribution >= 4 is 12.0 Å². The first-order valence-electron chi connectivity index (χ1n) is 11.6. The van der Waals surface area contributed by atoms with Gasteiger partial charge in [-0.05, 0) is 34.9 Å². The Morgan fingerprint density at radius 1 is 0.730 bits per heavy atom. The summed E-state index contributed by atoms with van der Waals surface area (Å²) in [5.74, 6) is -0.497. The van der Waals surface area contributed by atoms with Crippen LogP contribution in [0.3, 0.4) is 0 Å². The molecule has 1 aliphatic rings. The van der Waals surface area contributed by atoms with E-state index in [0.29, 0.717) is 32.2 Å². The first-order valence-corrected chi connectivity index (χ1v) is 11.6. The molecule has 3 nitrogen and oxygen atoms in total. The molecule has 37 heavy (non-hydrogen) atoms. The molecule has 1 saturated heterocycles. The molecule has 0 radical (unpaired) electrons. The van der Waals surface area contributed by atoms with Crippen LogP contribution in [0.2, 0.25) is 0 Å². The van der Waals surface area contributed by atoms with Gasteiger partial charge in [-0.15, -0.1) is 0 Å². The number of hydrogen-bond donors (Lipinski definition) is 0. The van der Waals surface area contributed by atoms with Crippen molar-refractivity contribution in [2.45, 2.75) is 18.4 Å². The van der Waals surface area contributed by atoms with E-state index >= 15 is 0 Å². The molecule has 0 atom stereocenters. The average molecular weight is 519 g/mol. The smallest absolute Gasteiger partial charge is 0.337 e. The molecule has 1 heterocycles. The second-order valence-corrected chi connectivity index (χ2v) is 8.72. The first-order chi connectivity index (χ1) is 17.5. The molecule has 0 bridgehead atoms. The van der Waals surface area contributed by atoms with Gasteiger partial charge >= 0.3 is 12.4 Å². The topological polar surface area (TPSA) is 23.6 Å². The summed E-state index contributed by atoms with van der Waals surface area (Å²) < 4.78 is 78.9. The van der Waals surface area contributed by atoms with Gasteiger partial charge in [0.05, 0.1) is 17.2 Å². The Kier molecular flexibility index (Phi) is 7.73. The van der Waals surface area contributed by atoms with Crippen molar-refractivity contribution in [3.63, 3.8) is 0 Å². The van der Waals surface area contributed by atoms with Crippen LogP contribution in [0.15, 0.2) is 84.9 Å². The van der Waals surface area contributed by atoms with E-state index in [1.165, 1.54) is 4.90 Å². The Morgan fingerprint density at radius 3 is 1.76 bits per heavy atom. The van der Waals surface area contributed by atoms with E-state index in [9.17, 15) is 31.1 Å². The standard InChI is InChI=1S/C28H24F6N2O/c29-27(30,31)23-13-11-20(24(19-23)28(32,33)34)12-14-25(37)35-15-17-36(18-16-35)26(21-7-3-1-4-8-21)22-9-5-2-6-10-22/h1-14,19,26H,15-18H2/b14-12-. The number of hydrogen-bond acceptors (Lipinski definition) is 2. The van der Waals surface area contributed by atoms with E-state index in [1.807, 2.05) is 60.7 Å². The fourth-order valence-electron chi connectivity index (χ4n) is 4.48. The number of alkyl halides is 6. The third-order valence-electron chi connectivity index (χ3n) is 6.31. The minimum Gasteiger partial charge on any atom is -0.337 e. The van der Waals surface area contributed by atoms with Crippen LogP contribution in [0.1, 0.15) is 33.9 Å². The molecule has 0 unspecified atom stereocenters. The van der Waals surface area contributed by atoms with E-state index < -0.39 is 35.0 Å². The predicted octanol–water partition coefficient (Wildman–Crippen LogP) is 6.67. The third kappa shape index (κ3) is 6.40. The maximum Gasteiger partial charge on any atom is 0.417 e. The predicted molar refractivity (Wildman–Crippen MR) is 128 cm³/mol. The van der Waals surface area contributed by atoms with Crippen LogP contribution >= 0.6 is 0 Å². The van der Waals surface area contributed by atoms with E-state index in [4.69, 9.17) is 0 Å². The number of carbonyl (C=O) groups is 1. The highest BCUT2D eigenvalue weighted by Gasteiger charge is 2.37. The van der Waals surface area contributed by atoms with Gasteiger partial charge in [0.15, 0.2) is 0 Å². The lowest BCUT2D eigenvalue weighted by atomic mass is 9.96. The Hall–Kier alpha value is -3.59. The summed E-state index contributed by atoms with van der Waals surface area (Å²) in [5, 5.41) is 0. The van der Waals surface area contributed by atoms with Crippen molar-refractivity contribution in [3.05, 3.63) is 113 Å². The summed E-state index contributed by atoms with van der Waals surface area (Å²) in [6, 6.07) is 21.3. The van der Waals surface area contributed by atoms with Gasteiger partial charge in [0.2, 0.25) is 5.91 Å². The molecule has 0 aromatic heterocycles. The Labute approximate surface area is 210 Å². The molecule has 194 valence electrons. The molecule has 0 N–H and O–H groups in total. The van der Waals surface area contributed by atoms with Gasteiger partial charge in [0.25, 0.3) is 0 Å². The molecule has 0 aliphatic carbocycles. The zero-order valence-corrected chi connectivity index (χ0v) is 19.6. The van der Waals surface area contributed by atoms with Gasteiger partial charge in [-0.2, -0.15) is 26.3 Å². The second kappa shape index (κ2) is 10.8. The van der Waals surface area contributed by atoms with Crippen molar-refractivity contribution in [1.82, 2.24) is 9.80 Å². The minimum absolute atomic E-state index is 0.0170. The molecule has 1 aliphatic heterocycles. The molecule has 9 heteroatoms. The zero-order chi connectivity index (χ0) is 26.6. The van der Waals surface area contributed by atoms with Crippen LogP contribution in [0.4, 0.5) is 26.3 Å². The summed E-state index contributed by atoms with van der Waals surface area (Å²) in [5.41, 5.74) is -1.12. The van der Waals surface area contributed by atoms with E-state index in [1.54, 1.807) is 0 Å². The molecule has 1 fully saturated rings. The lowest BCUT2D eigenvalue weighted by molar-refractivity contribution is -0.143. The zero-order valence-electron chi connectivity index (χ0n) is 19.6. The van der Waals surface area contributed by atoms with Gasteiger partial charge in [-0.25, -0.2) is 0 Å². The minimum atomic E-state index is -5.00. The van der Waals surface area contributed by atoms with Crippen molar-refractivity contribution in [2.75, 3.05) is 26.2 Å². The van der Waals surface area contributed by atoms with Crippen molar-refractivity contribution in [3.8, 4) is 0 Å². The summed E-state index contributed by atoms with van der Waals surface area (Å²) in [6.07, 6.45) is -8.00. The lowest BCUT2D eigenvalue weighted by Gasteiger charge is -2.39. The SMILES string of the molecule is O=C(/C=C\c1ccc(C(F)(F)F)cc1C(F)(F)F)N1CCN(C(c2ccccc2)c2ccccc2)CC1. The summed E-state index contributed by atoms with van der Waals surface area (Å²) >= 11 is 0. The maximum absolute atomic E-state index is 13.4. The highest BCUT2D eigenvalue weighted by Crippen LogP contribution is 2.38. The van der Waals surface area contributed by atoms with Crippen LogP contribution in [0.5, 0.6) is 0 Å². The molecule has 3 aromatic carbocycles. The molecule has 0 saturated carbocycles. The largest absolute Gasteiger partial charge is 0.417 e. The normalized spacial score (nSPS) is 15.5. The molecular formula is C28H24F6N2O. The maximum atomic E-state index is 13.4. The molecule has 3 aromatic rings. The number of nitrogens with zero attached hydrogens (tertiary/aromatic N) is 2. The van der Waals surface area contributed by atoms with Gasteiger partial charge in [0, 0.05) is 32.3 Å². The molecule has 4 rings (SSSR count). The fraction of sp³-hybridized carbons (Fsp3) is 0.250. The summed E-state index contributed by atoms with van der Waals surface area (Å²) in [6.45, 7) is 1.81. The number of carbonyl (C=O) groups excluding carboxylic acids is 1. The molecular weight excluding hydrogens is 494 g/mol. The summed E-state index contributed by atoms with van der Waals surface area (Å²) in [7, 11) is 0. The van der Waals surface area contributed by atoms with Gasteiger partial charge in [-0.3, -0.25) is 9.69 Å². The van der Waals surface area contributed by atoms with Crippen LogP contribution in [-0.2, 0) is 17.1 Å². The average Bonchev–Trinajstić information content (AvgIpc) is 2.88. The first kappa shape index (κ1) is 26.5. The van der Waals surface area contributed by atoms with Crippen molar-refractivity contribution in [2.24, 2.45) is 0 Å². The van der Waals surface area contributed by atoms with Gasteiger partial charge in [-0.1, -0.05) is 66.7 Å². The van der Waals surface area contributed by atoms with Crippen molar-refractivity contribution in [1.29, 1.82) is 0 Å². The third-order valence-corrected chi connectivity index (χ3v) is 6.31. The highest BCUT2D eigenvalue weighted by molar-refractivity contribution is 5.92. The monoisotopic (exact) mass is 518 g/mol. The highest BCUT2D eigenvalue weighted by atomic mass is 19.4. The van der Waals surface area contributed by atoms with E-state index in [2.05, 4.69) is 4.90 Å². The number of halogens is 6. The number of rotatable bonds is 5. The Balaban J connectivity index is 1.47. The van der Waals surface area contributed by atoms with Gasteiger partial charge in [0.1, 0.15) is 0 Å².